The van der Waals surface area contributed by atoms with Gasteiger partial charge in [-0.15, -0.1) is 10.2 Å². The molecular weight excluding hydrogens is 364 g/mol. The first-order chi connectivity index (χ1) is 11.3. The Balaban J connectivity index is 1.88. The summed E-state index contributed by atoms with van der Waals surface area (Å²) in [6.07, 6.45) is 0. The van der Waals surface area contributed by atoms with Crippen molar-refractivity contribution in [3.63, 3.8) is 0 Å². The topological polar surface area (TPSA) is 66.9 Å². The zero-order valence-electron chi connectivity index (χ0n) is 14.1. The molecule has 2 aromatic rings. The number of aromatic nitrogens is 2. The summed E-state index contributed by atoms with van der Waals surface area (Å²) in [5, 5.41) is 15.6. The van der Waals surface area contributed by atoms with E-state index in [0.717, 1.165) is 27.1 Å². The number of amides is 1. The summed E-state index contributed by atoms with van der Waals surface area (Å²) < 4.78 is 0.767. The minimum absolute atomic E-state index is 0.110. The third kappa shape index (κ3) is 5.65. The van der Waals surface area contributed by atoms with Crippen LogP contribution in [0, 0.1) is 19.8 Å². The van der Waals surface area contributed by atoms with Crippen molar-refractivity contribution in [3.8, 4) is 0 Å². The van der Waals surface area contributed by atoms with E-state index in [9.17, 15) is 4.79 Å². The fourth-order valence-corrected chi connectivity index (χ4v) is 3.93. The number of carbonyl (C=O) groups excluding carboxylic acids is 1. The highest BCUT2D eigenvalue weighted by Gasteiger charge is 2.12. The largest absolute Gasteiger partial charge is 0.360 e. The minimum atomic E-state index is -0.110. The van der Waals surface area contributed by atoms with Crippen LogP contribution in [0.1, 0.15) is 25.0 Å². The molecule has 2 rings (SSSR count). The molecule has 0 saturated heterocycles. The molecule has 1 amide bonds. The Kier molecular flexibility index (Phi) is 6.89. The van der Waals surface area contributed by atoms with Crippen molar-refractivity contribution in [2.45, 2.75) is 32.0 Å². The molecule has 24 heavy (non-hydrogen) atoms. The second kappa shape index (κ2) is 8.69. The molecule has 0 radical (unpaired) electrons. The molecule has 5 nitrogen and oxygen atoms in total. The molecule has 0 saturated carbocycles. The Hall–Kier alpha value is -1.31. The van der Waals surface area contributed by atoms with E-state index < -0.39 is 0 Å². The molecule has 0 bridgehead atoms. The number of carbonyl (C=O) groups is 1. The molecule has 0 unspecified atom stereocenters. The first kappa shape index (κ1) is 19.0. The van der Waals surface area contributed by atoms with Gasteiger partial charge in [0, 0.05) is 6.54 Å². The number of nitrogens with zero attached hydrogens (tertiary/aromatic N) is 2. The third-order valence-electron chi connectivity index (χ3n) is 3.09. The second-order valence-corrected chi connectivity index (χ2v) is 8.53. The lowest BCUT2D eigenvalue weighted by molar-refractivity contribution is -0.113. The normalized spacial score (nSPS) is 10.9. The van der Waals surface area contributed by atoms with Gasteiger partial charge in [0.2, 0.25) is 11.0 Å². The van der Waals surface area contributed by atoms with Gasteiger partial charge in [-0.2, -0.15) is 0 Å². The number of hydrogen-bond acceptors (Lipinski definition) is 6. The van der Waals surface area contributed by atoms with Crippen LogP contribution < -0.4 is 10.6 Å². The van der Waals surface area contributed by atoms with Gasteiger partial charge in [0.25, 0.3) is 0 Å². The zero-order chi connectivity index (χ0) is 17.7. The van der Waals surface area contributed by atoms with E-state index in [2.05, 4.69) is 34.7 Å². The maximum absolute atomic E-state index is 12.1. The van der Waals surface area contributed by atoms with Crippen molar-refractivity contribution in [1.82, 2.24) is 10.2 Å². The van der Waals surface area contributed by atoms with Gasteiger partial charge >= 0.3 is 0 Å². The predicted octanol–water partition coefficient (Wildman–Crippen LogP) is 4.61. The van der Waals surface area contributed by atoms with Crippen molar-refractivity contribution < 1.29 is 4.79 Å². The fourth-order valence-electron chi connectivity index (χ4n) is 2.01. The van der Waals surface area contributed by atoms with Crippen molar-refractivity contribution >= 4 is 51.4 Å². The van der Waals surface area contributed by atoms with E-state index in [-0.39, 0.29) is 11.7 Å². The summed E-state index contributed by atoms with van der Waals surface area (Å²) in [6.45, 7) is 9.02. The lowest BCUT2D eigenvalue weighted by Gasteiger charge is -2.11. The van der Waals surface area contributed by atoms with Crippen molar-refractivity contribution in [2.75, 3.05) is 22.9 Å². The lowest BCUT2D eigenvalue weighted by Crippen LogP contribution is -2.15. The summed E-state index contributed by atoms with van der Waals surface area (Å²) in [7, 11) is 0. The Bertz CT molecular complexity index is 695. The number of anilines is 2. The Morgan fingerprint density at radius 2 is 2.08 bits per heavy atom. The predicted molar refractivity (Wildman–Crippen MR) is 104 cm³/mol. The fraction of sp³-hybridized carbons (Fsp3) is 0.438. The summed E-state index contributed by atoms with van der Waals surface area (Å²) >= 11 is 9.03. The molecule has 130 valence electrons. The highest BCUT2D eigenvalue weighted by atomic mass is 35.5. The van der Waals surface area contributed by atoms with E-state index in [0.29, 0.717) is 16.6 Å². The van der Waals surface area contributed by atoms with E-state index >= 15 is 0 Å². The van der Waals surface area contributed by atoms with Gasteiger partial charge in [-0.05, 0) is 37.0 Å². The van der Waals surface area contributed by atoms with E-state index in [1.165, 1.54) is 23.1 Å². The smallest absolute Gasteiger partial charge is 0.234 e. The maximum Gasteiger partial charge on any atom is 0.234 e. The molecule has 1 aromatic carbocycles. The third-order valence-corrected chi connectivity index (χ3v) is 5.40. The Morgan fingerprint density at radius 3 is 2.75 bits per heavy atom. The molecule has 0 aliphatic carbocycles. The van der Waals surface area contributed by atoms with Gasteiger partial charge in [-0.25, -0.2) is 0 Å². The molecule has 8 heteroatoms. The number of hydrogen-bond donors (Lipinski definition) is 2. The monoisotopic (exact) mass is 384 g/mol. The van der Waals surface area contributed by atoms with Crippen LogP contribution in [0.4, 0.5) is 10.8 Å². The number of benzene rings is 1. The molecule has 0 aliphatic rings. The molecule has 0 spiro atoms. The summed E-state index contributed by atoms with van der Waals surface area (Å²) in [5.74, 6) is 0.696. The number of rotatable bonds is 7. The van der Waals surface area contributed by atoms with Gasteiger partial charge in [0.1, 0.15) is 0 Å². The van der Waals surface area contributed by atoms with Crippen LogP contribution in [0.2, 0.25) is 5.02 Å². The van der Waals surface area contributed by atoms with Crippen LogP contribution in [0.25, 0.3) is 0 Å². The minimum Gasteiger partial charge on any atom is -0.360 e. The SMILES string of the molecule is Cc1cc(C)c(NC(=O)CSc2nnc(NCC(C)C)s2)c(Cl)c1. The Morgan fingerprint density at radius 1 is 1.33 bits per heavy atom. The summed E-state index contributed by atoms with van der Waals surface area (Å²) in [6, 6.07) is 3.83. The van der Waals surface area contributed by atoms with Crippen LogP contribution in [-0.2, 0) is 4.79 Å². The van der Waals surface area contributed by atoms with Crippen molar-refractivity contribution in [2.24, 2.45) is 5.92 Å². The quantitative estimate of drug-likeness (QED) is 0.682. The van der Waals surface area contributed by atoms with Crippen LogP contribution in [0.3, 0.4) is 0 Å². The number of thioether (sulfide) groups is 1. The van der Waals surface area contributed by atoms with Gasteiger partial charge in [0.05, 0.1) is 16.5 Å². The highest BCUT2D eigenvalue weighted by molar-refractivity contribution is 8.01. The molecule has 0 atom stereocenters. The number of aryl methyl sites for hydroxylation is 2. The molecule has 2 N–H and O–H groups in total. The molecule has 0 aliphatic heterocycles. The zero-order valence-corrected chi connectivity index (χ0v) is 16.5. The van der Waals surface area contributed by atoms with Gasteiger partial charge in [0.15, 0.2) is 4.34 Å². The average Bonchev–Trinajstić information content (AvgIpc) is 2.94. The van der Waals surface area contributed by atoms with Crippen LogP contribution >= 0.6 is 34.7 Å². The van der Waals surface area contributed by atoms with E-state index in [4.69, 9.17) is 11.6 Å². The van der Waals surface area contributed by atoms with Crippen LogP contribution in [0.5, 0.6) is 0 Å². The maximum atomic E-state index is 12.1. The van der Waals surface area contributed by atoms with Crippen LogP contribution in [0.15, 0.2) is 16.5 Å². The average molecular weight is 385 g/mol. The van der Waals surface area contributed by atoms with Gasteiger partial charge < -0.3 is 10.6 Å². The number of nitrogens with one attached hydrogen (secondary N) is 2. The first-order valence-electron chi connectivity index (χ1n) is 7.62. The molecule has 1 heterocycles. The first-order valence-corrected chi connectivity index (χ1v) is 9.80. The van der Waals surface area contributed by atoms with Gasteiger partial charge in [-0.3, -0.25) is 4.79 Å². The molecular formula is C16H21ClN4OS2. The van der Waals surface area contributed by atoms with Crippen molar-refractivity contribution in [3.05, 3.63) is 28.3 Å². The molecule has 0 fully saturated rings. The Labute approximate surface area is 155 Å². The van der Waals surface area contributed by atoms with E-state index in [1.54, 1.807) is 0 Å². The second-order valence-electron chi connectivity index (χ2n) is 5.92. The molecule has 1 aromatic heterocycles. The highest BCUT2D eigenvalue weighted by Crippen LogP contribution is 2.29. The number of halogens is 1. The van der Waals surface area contributed by atoms with Crippen LogP contribution in [-0.4, -0.2) is 28.4 Å². The lowest BCUT2D eigenvalue weighted by atomic mass is 10.1. The summed E-state index contributed by atoms with van der Waals surface area (Å²) in [5.41, 5.74) is 2.69. The van der Waals surface area contributed by atoms with E-state index in [1.807, 2.05) is 26.0 Å². The standard InChI is InChI=1S/C16H21ClN4OS2/c1-9(2)7-18-15-20-21-16(24-15)23-8-13(22)19-14-11(4)5-10(3)6-12(14)17/h5-6,9H,7-8H2,1-4H3,(H,18,20)(H,19,22). The summed E-state index contributed by atoms with van der Waals surface area (Å²) in [4.78, 5) is 12.1. The van der Waals surface area contributed by atoms with Gasteiger partial charge in [-0.1, -0.05) is 54.6 Å². The van der Waals surface area contributed by atoms with Crippen molar-refractivity contribution in [1.29, 1.82) is 0 Å².